The monoisotopic (exact) mass is 449 g/mol. The van der Waals surface area contributed by atoms with Crippen LogP contribution in [0.1, 0.15) is 27.7 Å². The molecule has 1 atom stereocenters. The summed E-state index contributed by atoms with van der Waals surface area (Å²) in [6.07, 6.45) is 3.05. The number of amides is 1. The van der Waals surface area contributed by atoms with Gasteiger partial charge in [-0.1, -0.05) is 17.7 Å². The van der Waals surface area contributed by atoms with Crippen molar-refractivity contribution < 1.29 is 18.7 Å². The van der Waals surface area contributed by atoms with Gasteiger partial charge in [-0.3, -0.25) is 14.5 Å². The normalized spacial score (nSPS) is 15.2. The third kappa shape index (κ3) is 2.99. The van der Waals surface area contributed by atoms with Gasteiger partial charge in [0.05, 0.1) is 31.2 Å². The van der Waals surface area contributed by atoms with Crippen LogP contribution >= 0.6 is 11.6 Å². The van der Waals surface area contributed by atoms with Crippen LogP contribution in [-0.4, -0.2) is 30.1 Å². The Morgan fingerprint density at radius 1 is 1.00 bits per heavy atom. The van der Waals surface area contributed by atoms with Gasteiger partial charge in [0.25, 0.3) is 5.91 Å². The molecule has 2 aromatic heterocycles. The summed E-state index contributed by atoms with van der Waals surface area (Å²) in [5.74, 6) is 0.538. The van der Waals surface area contributed by atoms with Crippen molar-refractivity contribution in [3.05, 3.63) is 87.0 Å². The molecule has 3 heterocycles. The molecule has 160 valence electrons. The Balaban J connectivity index is 1.82. The van der Waals surface area contributed by atoms with Crippen molar-refractivity contribution in [3.63, 3.8) is 0 Å². The van der Waals surface area contributed by atoms with Gasteiger partial charge in [-0.2, -0.15) is 0 Å². The summed E-state index contributed by atoms with van der Waals surface area (Å²) < 4.78 is 16.7. The minimum Gasteiger partial charge on any atom is -0.493 e. The van der Waals surface area contributed by atoms with Crippen molar-refractivity contribution in [2.75, 3.05) is 19.1 Å². The number of anilines is 1. The average Bonchev–Trinajstić information content (AvgIpc) is 3.12. The molecule has 0 saturated carbocycles. The second-order valence-corrected chi connectivity index (χ2v) is 7.49. The van der Waals surface area contributed by atoms with Crippen molar-refractivity contribution in [1.82, 2.24) is 9.97 Å². The first-order chi connectivity index (χ1) is 15.5. The first-order valence-corrected chi connectivity index (χ1v) is 10.00. The molecule has 8 nitrogen and oxygen atoms in total. The molecular formula is C23H16ClN3O5. The van der Waals surface area contributed by atoms with Gasteiger partial charge < -0.3 is 13.9 Å². The lowest BCUT2D eigenvalue weighted by molar-refractivity contribution is 0.0969. The first kappa shape index (κ1) is 20.0. The Bertz CT molecular complexity index is 1420. The third-order valence-electron chi connectivity index (χ3n) is 5.32. The number of carbonyl (C=O) groups excluding carboxylic acids is 1. The highest BCUT2D eigenvalue weighted by molar-refractivity contribution is 6.31. The van der Waals surface area contributed by atoms with Gasteiger partial charge in [-0.05, 0) is 42.0 Å². The summed E-state index contributed by atoms with van der Waals surface area (Å²) in [5.41, 5.74) is 0.712. The molecule has 0 radical (unpaired) electrons. The molecule has 0 fully saturated rings. The number of hydrogen-bond acceptors (Lipinski definition) is 7. The van der Waals surface area contributed by atoms with Gasteiger partial charge in [-0.25, -0.2) is 9.97 Å². The SMILES string of the molecule is COc1ccc(C2c3c(oc4ccc(Cl)cc4c3=O)C(=O)N2c2ncccn2)cc1OC. The number of methoxy groups -OCH3 is 2. The van der Waals surface area contributed by atoms with Crippen LogP contribution in [0.25, 0.3) is 11.0 Å². The van der Waals surface area contributed by atoms with Crippen LogP contribution in [-0.2, 0) is 0 Å². The number of carbonyl (C=O) groups is 1. The summed E-state index contributed by atoms with van der Waals surface area (Å²) in [6.45, 7) is 0. The van der Waals surface area contributed by atoms with E-state index in [1.807, 2.05) is 0 Å². The van der Waals surface area contributed by atoms with Gasteiger partial charge in [0.2, 0.25) is 11.7 Å². The lowest BCUT2D eigenvalue weighted by Gasteiger charge is -2.23. The van der Waals surface area contributed by atoms with E-state index in [1.165, 1.54) is 37.6 Å². The van der Waals surface area contributed by atoms with E-state index in [4.69, 9.17) is 25.5 Å². The Morgan fingerprint density at radius 3 is 2.47 bits per heavy atom. The molecule has 1 aliphatic heterocycles. The van der Waals surface area contributed by atoms with Crippen LogP contribution in [0.5, 0.6) is 11.5 Å². The summed E-state index contributed by atoms with van der Waals surface area (Å²) >= 11 is 6.11. The molecule has 0 bridgehead atoms. The van der Waals surface area contributed by atoms with E-state index in [2.05, 4.69) is 9.97 Å². The molecule has 1 aliphatic rings. The second kappa shape index (κ2) is 7.65. The number of benzene rings is 2. The second-order valence-electron chi connectivity index (χ2n) is 7.06. The van der Waals surface area contributed by atoms with Crippen molar-refractivity contribution in [2.45, 2.75) is 6.04 Å². The molecule has 0 aliphatic carbocycles. The fourth-order valence-electron chi connectivity index (χ4n) is 3.91. The minimum atomic E-state index is -0.834. The number of nitrogens with zero attached hydrogens (tertiary/aromatic N) is 3. The van der Waals surface area contributed by atoms with Crippen LogP contribution in [0.2, 0.25) is 5.02 Å². The zero-order valence-electron chi connectivity index (χ0n) is 17.0. The largest absolute Gasteiger partial charge is 0.493 e. The summed E-state index contributed by atoms with van der Waals surface area (Å²) in [4.78, 5) is 36.8. The summed E-state index contributed by atoms with van der Waals surface area (Å²) in [5, 5.41) is 0.672. The van der Waals surface area contributed by atoms with Crippen LogP contribution in [0.4, 0.5) is 5.95 Å². The zero-order chi connectivity index (χ0) is 22.4. The van der Waals surface area contributed by atoms with Crippen LogP contribution < -0.4 is 19.8 Å². The molecule has 0 N–H and O–H groups in total. The smallest absolute Gasteiger partial charge is 0.297 e. The predicted octanol–water partition coefficient (Wildman–Crippen LogP) is 4.00. The van der Waals surface area contributed by atoms with E-state index >= 15 is 0 Å². The standard InChI is InChI=1S/C23H16ClN3O5/c1-30-16-6-4-12(10-17(16)31-2)19-18-20(28)14-11-13(24)5-7-15(14)32-21(18)22(29)27(19)23-25-8-3-9-26-23/h3-11,19H,1-2H3. The Labute approximate surface area is 187 Å². The van der Waals surface area contributed by atoms with E-state index in [0.29, 0.717) is 22.1 Å². The average molecular weight is 450 g/mol. The van der Waals surface area contributed by atoms with Gasteiger partial charge in [0, 0.05) is 17.4 Å². The Kier molecular flexibility index (Phi) is 4.79. The highest BCUT2D eigenvalue weighted by Crippen LogP contribution is 2.42. The highest BCUT2D eigenvalue weighted by Gasteiger charge is 2.45. The van der Waals surface area contributed by atoms with Crippen LogP contribution in [0, 0.1) is 0 Å². The molecule has 5 rings (SSSR count). The lowest BCUT2D eigenvalue weighted by atomic mass is 9.98. The molecular weight excluding hydrogens is 434 g/mol. The number of aromatic nitrogens is 2. The quantitative estimate of drug-likeness (QED) is 0.464. The molecule has 2 aromatic carbocycles. The van der Waals surface area contributed by atoms with Gasteiger partial charge in [0.15, 0.2) is 16.9 Å². The van der Waals surface area contributed by atoms with Crippen molar-refractivity contribution in [1.29, 1.82) is 0 Å². The van der Waals surface area contributed by atoms with E-state index in [1.54, 1.807) is 36.4 Å². The van der Waals surface area contributed by atoms with Gasteiger partial charge >= 0.3 is 0 Å². The maximum Gasteiger partial charge on any atom is 0.297 e. The zero-order valence-corrected chi connectivity index (χ0v) is 17.8. The molecule has 1 unspecified atom stereocenters. The summed E-state index contributed by atoms with van der Waals surface area (Å²) in [6, 6.07) is 10.7. The fourth-order valence-corrected chi connectivity index (χ4v) is 4.08. The van der Waals surface area contributed by atoms with Gasteiger partial charge in [0.1, 0.15) is 5.58 Å². The molecule has 9 heteroatoms. The van der Waals surface area contributed by atoms with E-state index in [-0.39, 0.29) is 33.7 Å². The van der Waals surface area contributed by atoms with E-state index in [9.17, 15) is 9.59 Å². The van der Waals surface area contributed by atoms with Crippen molar-refractivity contribution in [2.24, 2.45) is 0 Å². The third-order valence-corrected chi connectivity index (χ3v) is 5.56. The highest BCUT2D eigenvalue weighted by atomic mass is 35.5. The first-order valence-electron chi connectivity index (χ1n) is 9.62. The number of fused-ring (bicyclic) bond motifs is 2. The predicted molar refractivity (Wildman–Crippen MR) is 118 cm³/mol. The van der Waals surface area contributed by atoms with Crippen molar-refractivity contribution in [3.8, 4) is 11.5 Å². The topological polar surface area (TPSA) is 94.8 Å². The number of halogens is 1. The maximum absolute atomic E-state index is 13.6. The number of ether oxygens (including phenoxy) is 2. The van der Waals surface area contributed by atoms with Crippen LogP contribution in [0.15, 0.2) is 64.1 Å². The molecule has 4 aromatic rings. The molecule has 0 spiro atoms. The van der Waals surface area contributed by atoms with Crippen LogP contribution in [0.3, 0.4) is 0 Å². The Morgan fingerprint density at radius 2 is 1.75 bits per heavy atom. The minimum absolute atomic E-state index is 0.0583. The molecule has 32 heavy (non-hydrogen) atoms. The number of rotatable bonds is 4. The van der Waals surface area contributed by atoms with Gasteiger partial charge in [-0.15, -0.1) is 0 Å². The maximum atomic E-state index is 13.6. The Hall–Kier alpha value is -3.91. The fraction of sp³-hybridized carbons (Fsp3) is 0.130. The molecule has 0 saturated heterocycles. The lowest BCUT2D eigenvalue weighted by Crippen LogP contribution is -2.31. The van der Waals surface area contributed by atoms with E-state index < -0.39 is 11.9 Å². The summed E-state index contributed by atoms with van der Waals surface area (Å²) in [7, 11) is 3.04. The number of hydrogen-bond donors (Lipinski definition) is 0. The molecule has 1 amide bonds. The van der Waals surface area contributed by atoms with Crippen molar-refractivity contribution >= 4 is 34.4 Å². The van der Waals surface area contributed by atoms with E-state index in [0.717, 1.165) is 0 Å².